The molecule has 0 radical (unpaired) electrons. The molecule has 4 saturated carbocycles. The standard InChI is InChI=1S/C24H36O4/c1-21-10-4-5-11-24(21,20(26)27)23(3)13-8-16-15(17(23)14-21)6-7-18-22(16,2)12-9-19(25)28-18/h15-18H,4-14H2,1-3H3,(H,26,27)/t15?,16?,17?,18?,21-,22-,23+,24+/m1/s1. The average molecular weight is 389 g/mol. The Labute approximate surface area is 168 Å². The van der Waals surface area contributed by atoms with Gasteiger partial charge >= 0.3 is 11.9 Å². The summed E-state index contributed by atoms with van der Waals surface area (Å²) in [5, 5.41) is 10.6. The van der Waals surface area contributed by atoms with Crippen molar-refractivity contribution in [2.45, 2.75) is 97.5 Å². The van der Waals surface area contributed by atoms with Gasteiger partial charge in [0.2, 0.25) is 0 Å². The van der Waals surface area contributed by atoms with E-state index in [0.29, 0.717) is 24.2 Å². The summed E-state index contributed by atoms with van der Waals surface area (Å²) < 4.78 is 5.82. The summed E-state index contributed by atoms with van der Waals surface area (Å²) in [5.41, 5.74) is -0.625. The van der Waals surface area contributed by atoms with Crippen molar-refractivity contribution < 1.29 is 19.4 Å². The number of hydrogen-bond acceptors (Lipinski definition) is 3. The van der Waals surface area contributed by atoms with Crippen molar-refractivity contribution in [1.29, 1.82) is 0 Å². The fourth-order valence-electron chi connectivity index (χ4n) is 9.54. The van der Waals surface area contributed by atoms with E-state index >= 15 is 0 Å². The predicted molar refractivity (Wildman–Crippen MR) is 106 cm³/mol. The zero-order chi connectivity index (χ0) is 19.9. The highest BCUT2D eigenvalue weighted by molar-refractivity contribution is 5.78. The van der Waals surface area contributed by atoms with E-state index in [2.05, 4.69) is 20.8 Å². The van der Waals surface area contributed by atoms with Crippen LogP contribution in [0, 0.1) is 39.4 Å². The van der Waals surface area contributed by atoms with Crippen LogP contribution in [0.4, 0.5) is 0 Å². The number of aliphatic carboxylic acids is 1. The van der Waals surface area contributed by atoms with Gasteiger partial charge in [0.1, 0.15) is 6.10 Å². The maximum absolute atomic E-state index is 12.9. The second-order valence-corrected chi connectivity index (χ2v) is 11.6. The van der Waals surface area contributed by atoms with Crippen LogP contribution in [0.1, 0.15) is 91.4 Å². The Hall–Kier alpha value is -1.06. The monoisotopic (exact) mass is 388 g/mol. The molecule has 0 aromatic rings. The zero-order valence-electron chi connectivity index (χ0n) is 17.8. The molecule has 4 nitrogen and oxygen atoms in total. The lowest BCUT2D eigenvalue weighted by Gasteiger charge is -2.61. The lowest BCUT2D eigenvalue weighted by molar-refractivity contribution is -0.200. The minimum Gasteiger partial charge on any atom is -0.481 e. The van der Waals surface area contributed by atoms with Crippen LogP contribution >= 0.6 is 0 Å². The SMILES string of the molecule is C[C@]12CCC(=O)OC1CCC1C2CC[C@@]2(C)C1C[C@@]1(C)CCCC[C@]12C(=O)O. The molecule has 156 valence electrons. The Bertz CT molecular complexity index is 717. The summed E-state index contributed by atoms with van der Waals surface area (Å²) in [6.07, 6.45) is 11.0. The molecule has 1 N–H and O–H groups in total. The second kappa shape index (κ2) is 5.76. The number of carboxylic acid groups (broad SMARTS) is 1. The lowest BCUT2D eigenvalue weighted by atomic mass is 9.44. The highest BCUT2D eigenvalue weighted by Gasteiger charge is 2.74. The molecule has 1 heterocycles. The number of carbonyl (C=O) groups excluding carboxylic acids is 1. The molecule has 4 aliphatic carbocycles. The van der Waals surface area contributed by atoms with E-state index in [4.69, 9.17) is 4.74 Å². The first-order valence-electron chi connectivity index (χ1n) is 11.6. The van der Waals surface area contributed by atoms with Crippen molar-refractivity contribution in [2.24, 2.45) is 39.4 Å². The number of hydrogen-bond donors (Lipinski definition) is 1. The quantitative estimate of drug-likeness (QED) is 0.627. The molecular formula is C24H36O4. The summed E-state index contributed by atoms with van der Waals surface area (Å²) in [4.78, 5) is 24.7. The first-order chi connectivity index (χ1) is 13.2. The third kappa shape index (κ3) is 2.03. The first kappa shape index (κ1) is 18.9. The van der Waals surface area contributed by atoms with Gasteiger partial charge in [0.15, 0.2) is 0 Å². The molecule has 1 saturated heterocycles. The zero-order valence-corrected chi connectivity index (χ0v) is 17.8. The number of fused-ring (bicyclic) bond motifs is 7. The molecule has 28 heavy (non-hydrogen) atoms. The molecule has 5 rings (SSSR count). The molecule has 0 aromatic carbocycles. The van der Waals surface area contributed by atoms with Gasteiger partial charge in [0.05, 0.1) is 5.41 Å². The Kier molecular flexibility index (Phi) is 3.89. The summed E-state index contributed by atoms with van der Waals surface area (Å²) in [7, 11) is 0. The Morgan fingerprint density at radius 1 is 1.00 bits per heavy atom. The van der Waals surface area contributed by atoms with E-state index in [-0.39, 0.29) is 28.3 Å². The fourth-order valence-corrected chi connectivity index (χ4v) is 9.54. The van der Waals surface area contributed by atoms with E-state index in [1.807, 2.05) is 0 Å². The number of carboxylic acids is 1. The van der Waals surface area contributed by atoms with Gasteiger partial charge in [-0.05, 0) is 80.0 Å². The lowest BCUT2D eigenvalue weighted by Crippen LogP contribution is -2.59. The topological polar surface area (TPSA) is 63.6 Å². The van der Waals surface area contributed by atoms with Gasteiger partial charge < -0.3 is 9.84 Å². The minimum absolute atomic E-state index is 0.0224. The van der Waals surface area contributed by atoms with Gasteiger partial charge in [-0.3, -0.25) is 9.59 Å². The summed E-state index contributed by atoms with van der Waals surface area (Å²) in [6.45, 7) is 7.00. The van der Waals surface area contributed by atoms with E-state index in [9.17, 15) is 14.7 Å². The van der Waals surface area contributed by atoms with Crippen molar-refractivity contribution >= 4 is 11.9 Å². The maximum Gasteiger partial charge on any atom is 0.310 e. The second-order valence-electron chi connectivity index (χ2n) is 11.6. The highest BCUT2D eigenvalue weighted by Crippen LogP contribution is 2.77. The summed E-state index contributed by atoms with van der Waals surface area (Å²) in [5.74, 6) is 1.12. The largest absolute Gasteiger partial charge is 0.481 e. The Morgan fingerprint density at radius 3 is 2.50 bits per heavy atom. The van der Waals surface area contributed by atoms with Crippen LogP contribution in [0.2, 0.25) is 0 Å². The molecule has 5 fully saturated rings. The Balaban J connectivity index is 1.55. The summed E-state index contributed by atoms with van der Waals surface area (Å²) >= 11 is 0. The molecule has 4 heteroatoms. The van der Waals surface area contributed by atoms with Crippen LogP contribution in [-0.4, -0.2) is 23.1 Å². The van der Waals surface area contributed by atoms with Crippen LogP contribution in [0.15, 0.2) is 0 Å². The van der Waals surface area contributed by atoms with Crippen molar-refractivity contribution in [3.8, 4) is 0 Å². The number of esters is 1. The van der Waals surface area contributed by atoms with E-state index in [0.717, 1.165) is 57.8 Å². The third-order valence-corrected chi connectivity index (χ3v) is 10.9. The van der Waals surface area contributed by atoms with E-state index < -0.39 is 11.4 Å². The molecule has 1 aliphatic heterocycles. The molecule has 5 aliphatic rings. The van der Waals surface area contributed by atoms with Crippen molar-refractivity contribution in [2.75, 3.05) is 0 Å². The third-order valence-electron chi connectivity index (χ3n) is 10.9. The minimum atomic E-state index is -0.551. The normalized spacial score (nSPS) is 55.3. The number of carbonyl (C=O) groups is 2. The molecule has 4 unspecified atom stereocenters. The van der Waals surface area contributed by atoms with Crippen LogP contribution < -0.4 is 0 Å². The van der Waals surface area contributed by atoms with Crippen LogP contribution in [0.25, 0.3) is 0 Å². The van der Waals surface area contributed by atoms with Crippen molar-refractivity contribution in [3.63, 3.8) is 0 Å². The molecule has 0 spiro atoms. The average Bonchev–Trinajstić information content (AvgIpc) is 2.87. The van der Waals surface area contributed by atoms with Crippen LogP contribution in [0.5, 0.6) is 0 Å². The number of rotatable bonds is 1. The highest BCUT2D eigenvalue weighted by atomic mass is 16.5. The van der Waals surface area contributed by atoms with Gasteiger partial charge in [0.25, 0.3) is 0 Å². The van der Waals surface area contributed by atoms with Gasteiger partial charge in [-0.25, -0.2) is 0 Å². The molecule has 0 aromatic heterocycles. The fraction of sp³-hybridized carbons (Fsp3) is 0.917. The predicted octanol–water partition coefficient (Wildman–Crippen LogP) is 5.20. The van der Waals surface area contributed by atoms with E-state index in [1.165, 1.54) is 6.42 Å². The first-order valence-corrected chi connectivity index (χ1v) is 11.6. The van der Waals surface area contributed by atoms with E-state index in [1.54, 1.807) is 0 Å². The maximum atomic E-state index is 12.9. The molecule has 8 atom stereocenters. The van der Waals surface area contributed by atoms with Gasteiger partial charge in [-0.2, -0.15) is 0 Å². The van der Waals surface area contributed by atoms with Gasteiger partial charge in [-0.15, -0.1) is 0 Å². The van der Waals surface area contributed by atoms with Gasteiger partial charge in [0, 0.05) is 11.8 Å². The number of ether oxygens (including phenoxy) is 1. The van der Waals surface area contributed by atoms with Crippen LogP contribution in [-0.2, 0) is 14.3 Å². The van der Waals surface area contributed by atoms with Crippen molar-refractivity contribution in [3.05, 3.63) is 0 Å². The molecule has 0 bridgehead atoms. The Morgan fingerprint density at radius 2 is 1.75 bits per heavy atom. The molecule has 0 amide bonds. The van der Waals surface area contributed by atoms with Crippen molar-refractivity contribution in [1.82, 2.24) is 0 Å². The summed E-state index contributed by atoms with van der Waals surface area (Å²) in [6, 6.07) is 0. The van der Waals surface area contributed by atoms with Gasteiger partial charge in [-0.1, -0.05) is 33.6 Å². The smallest absolute Gasteiger partial charge is 0.310 e. The molecular weight excluding hydrogens is 352 g/mol. The van der Waals surface area contributed by atoms with Crippen LogP contribution in [0.3, 0.4) is 0 Å².